The van der Waals surface area contributed by atoms with Crippen molar-refractivity contribution in [2.24, 2.45) is 0 Å². The van der Waals surface area contributed by atoms with Gasteiger partial charge in [-0.3, -0.25) is 4.57 Å². The van der Waals surface area contributed by atoms with Gasteiger partial charge in [0, 0.05) is 12.7 Å². The monoisotopic (exact) mass is 325 g/mol. The van der Waals surface area contributed by atoms with Gasteiger partial charge in [0.25, 0.3) is 0 Å². The minimum atomic E-state index is -3.30. The van der Waals surface area contributed by atoms with Gasteiger partial charge in [-0.1, -0.05) is 54.6 Å². The predicted octanol–water partition coefficient (Wildman–Crippen LogP) is 5.88. The second kappa shape index (κ2) is 6.49. The molecule has 0 aromatic heterocycles. The molecular weight excluding hydrogens is 312 g/mol. The molecule has 0 atom stereocenters. The normalized spacial score (nSPS) is 11.8. The zero-order valence-corrected chi connectivity index (χ0v) is 13.3. The van der Waals surface area contributed by atoms with E-state index >= 15 is 0 Å². The van der Waals surface area contributed by atoms with Crippen LogP contribution in [0.3, 0.4) is 0 Å². The molecule has 2 aromatic rings. The molecule has 20 heavy (non-hydrogen) atoms. The minimum absolute atomic E-state index is 0.718. The van der Waals surface area contributed by atoms with Crippen LogP contribution in [0.15, 0.2) is 54.6 Å². The van der Waals surface area contributed by atoms with E-state index in [9.17, 15) is 4.57 Å². The van der Waals surface area contributed by atoms with E-state index in [-0.39, 0.29) is 0 Å². The summed E-state index contributed by atoms with van der Waals surface area (Å²) in [4.78, 5) is 0. The molecule has 0 aliphatic carbocycles. The van der Waals surface area contributed by atoms with Gasteiger partial charge in [0.05, 0.1) is 0 Å². The molecule has 2 aromatic carbocycles. The van der Waals surface area contributed by atoms with E-state index in [0.29, 0.717) is 0 Å². The summed E-state index contributed by atoms with van der Waals surface area (Å²) in [7, 11) is 1.61. The van der Waals surface area contributed by atoms with Gasteiger partial charge in [-0.25, -0.2) is 0 Å². The maximum Gasteiger partial charge on any atom is 0.345 e. The Morgan fingerprint density at radius 1 is 0.900 bits per heavy atom. The molecule has 0 N–H and O–H groups in total. The lowest BCUT2D eigenvalue weighted by Crippen LogP contribution is -2.06. The zero-order valence-electron chi connectivity index (χ0n) is 10.9. The third-order valence-corrected chi connectivity index (χ3v) is 5.17. The molecule has 0 heterocycles. The van der Waals surface area contributed by atoms with Crippen LogP contribution in [0.25, 0.3) is 12.2 Å². The van der Waals surface area contributed by atoms with Crippen LogP contribution in [0.5, 0.6) is 0 Å². The quantitative estimate of drug-likeness (QED) is 0.516. The number of halogens is 2. The van der Waals surface area contributed by atoms with Gasteiger partial charge in [-0.2, -0.15) is 0 Å². The summed E-state index contributed by atoms with van der Waals surface area (Å²) in [5, 5.41) is 0. The molecule has 0 aliphatic rings. The van der Waals surface area contributed by atoms with Crippen molar-refractivity contribution in [2.75, 3.05) is 11.7 Å². The number of benzene rings is 2. The summed E-state index contributed by atoms with van der Waals surface area (Å²) in [5.74, 6) is -3.30. The van der Waals surface area contributed by atoms with Crippen molar-refractivity contribution >= 4 is 46.3 Å². The molecule has 2 nitrogen and oxygen atoms in total. The molecule has 0 radical (unpaired) electrons. The molecule has 0 saturated carbocycles. The molecule has 0 fully saturated rings. The predicted molar refractivity (Wildman–Crippen MR) is 89.5 cm³/mol. The molecule has 0 spiro atoms. The first-order valence-corrected chi connectivity index (χ1v) is 9.50. The fourth-order valence-electron chi connectivity index (χ4n) is 1.69. The Kier molecular flexibility index (Phi) is 4.93. The molecule has 0 bridgehead atoms. The fraction of sp³-hybridized carbons (Fsp3) is 0.0667. The lowest BCUT2D eigenvalue weighted by atomic mass is 10.1. The fourth-order valence-corrected chi connectivity index (χ4v) is 2.62. The van der Waals surface area contributed by atoms with Crippen LogP contribution in [-0.4, -0.2) is 7.05 Å². The summed E-state index contributed by atoms with van der Waals surface area (Å²) in [6.07, 6.45) is 4.05. The Balaban J connectivity index is 2.13. The topological polar surface area (TPSA) is 20.3 Å². The number of nitrogens with zero attached hydrogens (tertiary/aromatic N) is 1. The Morgan fingerprint density at radius 3 is 1.90 bits per heavy atom. The Bertz CT molecular complexity index is 635. The Hall–Kier alpha value is -1.21. The average molecular weight is 326 g/mol. The molecule has 0 saturated heterocycles. The third-order valence-electron chi connectivity index (χ3n) is 2.88. The van der Waals surface area contributed by atoms with Gasteiger partial charge in [-0.15, -0.1) is 0 Å². The van der Waals surface area contributed by atoms with Crippen LogP contribution in [0, 0.1) is 0 Å². The van der Waals surface area contributed by atoms with Gasteiger partial charge in [0.2, 0.25) is 0 Å². The van der Waals surface area contributed by atoms with E-state index in [4.69, 9.17) is 22.5 Å². The highest BCUT2D eigenvalue weighted by Crippen LogP contribution is 2.60. The first-order valence-electron chi connectivity index (χ1n) is 6.03. The average Bonchev–Trinajstić information content (AvgIpc) is 2.45. The maximum atomic E-state index is 11.6. The number of hydrogen-bond acceptors (Lipinski definition) is 1. The van der Waals surface area contributed by atoms with Gasteiger partial charge in [0.1, 0.15) is 0 Å². The highest BCUT2D eigenvalue weighted by molar-refractivity contribution is 8.09. The van der Waals surface area contributed by atoms with E-state index in [1.807, 2.05) is 66.7 Å². The largest absolute Gasteiger partial charge is 0.345 e. The zero-order chi connectivity index (χ0) is 14.6. The SMILES string of the molecule is CN(c1ccc(C=Cc2ccccc2)cc1)P(=O)(Cl)Cl. The van der Waals surface area contributed by atoms with E-state index in [0.717, 1.165) is 16.8 Å². The number of rotatable bonds is 4. The summed E-state index contributed by atoms with van der Waals surface area (Å²) >= 11 is 11.3. The van der Waals surface area contributed by atoms with E-state index in [1.165, 1.54) is 4.67 Å². The Labute approximate surface area is 128 Å². The minimum Gasteiger partial charge on any atom is -0.302 e. The Morgan fingerprint density at radius 2 is 1.40 bits per heavy atom. The van der Waals surface area contributed by atoms with Crippen molar-refractivity contribution in [3.63, 3.8) is 0 Å². The number of hydrogen-bond donors (Lipinski definition) is 0. The second-order valence-corrected chi connectivity index (χ2v) is 9.03. The van der Waals surface area contributed by atoms with Crippen LogP contribution >= 0.6 is 28.5 Å². The van der Waals surface area contributed by atoms with Gasteiger partial charge in [0.15, 0.2) is 0 Å². The molecule has 104 valence electrons. The van der Waals surface area contributed by atoms with Crippen LogP contribution in [0.1, 0.15) is 11.1 Å². The summed E-state index contributed by atoms with van der Waals surface area (Å²) in [6, 6.07) is 17.6. The van der Waals surface area contributed by atoms with Crippen molar-refractivity contribution < 1.29 is 4.57 Å². The van der Waals surface area contributed by atoms with Crippen LogP contribution in [0.4, 0.5) is 5.69 Å². The first-order chi connectivity index (χ1) is 9.47. The highest BCUT2D eigenvalue weighted by Gasteiger charge is 2.21. The lowest BCUT2D eigenvalue weighted by molar-refractivity contribution is 0.591. The smallest absolute Gasteiger partial charge is 0.302 e. The van der Waals surface area contributed by atoms with E-state index in [1.54, 1.807) is 7.05 Å². The van der Waals surface area contributed by atoms with Crippen LogP contribution in [0.2, 0.25) is 0 Å². The molecule has 0 amide bonds. The molecular formula is C15H14Cl2NOP. The summed E-state index contributed by atoms with van der Waals surface area (Å²) in [6.45, 7) is 0. The molecule has 0 aliphatic heterocycles. The van der Waals surface area contributed by atoms with Crippen molar-refractivity contribution in [2.45, 2.75) is 0 Å². The van der Waals surface area contributed by atoms with Gasteiger partial charge >= 0.3 is 6.00 Å². The highest BCUT2D eigenvalue weighted by atomic mass is 35.9. The summed E-state index contributed by atoms with van der Waals surface area (Å²) < 4.78 is 12.9. The second-order valence-electron chi connectivity index (χ2n) is 4.29. The molecule has 0 unspecified atom stereocenters. The van der Waals surface area contributed by atoms with Crippen molar-refractivity contribution in [1.82, 2.24) is 0 Å². The standard InChI is InChI=1S/C15H14Cl2NOP/c1-18(20(16,17)19)15-11-9-14(10-12-15)8-7-13-5-3-2-4-6-13/h2-12H,1H3. The first kappa shape index (κ1) is 15.2. The van der Waals surface area contributed by atoms with E-state index < -0.39 is 6.00 Å². The summed E-state index contributed by atoms with van der Waals surface area (Å²) in [5.41, 5.74) is 2.90. The maximum absolute atomic E-state index is 11.6. The lowest BCUT2D eigenvalue weighted by Gasteiger charge is -2.19. The number of anilines is 1. The van der Waals surface area contributed by atoms with Crippen molar-refractivity contribution in [3.8, 4) is 0 Å². The van der Waals surface area contributed by atoms with Crippen LogP contribution < -0.4 is 4.67 Å². The van der Waals surface area contributed by atoms with Crippen molar-refractivity contribution in [3.05, 3.63) is 65.7 Å². The third kappa shape index (κ3) is 4.14. The van der Waals surface area contributed by atoms with Crippen molar-refractivity contribution in [1.29, 1.82) is 0 Å². The van der Waals surface area contributed by atoms with E-state index in [2.05, 4.69) is 0 Å². The van der Waals surface area contributed by atoms with Gasteiger partial charge < -0.3 is 4.67 Å². The van der Waals surface area contributed by atoms with Crippen LogP contribution in [-0.2, 0) is 4.57 Å². The van der Waals surface area contributed by atoms with Gasteiger partial charge in [-0.05, 0) is 45.7 Å². The molecule has 2 rings (SSSR count). The molecule has 5 heteroatoms.